The standard InChI is InChI=1S/C17H31NO5.Na/c1-2-3-4-5-6-7-8-9-10-11-16(21)23-17(22)14(18)12-13-15(19)20;/h14H,2-13,18H2,1H3,(H,19,20);/q;+1/p-1/t14-;/m0./s1. The average molecular weight is 351 g/mol. The molecule has 0 aromatic rings. The number of rotatable bonds is 14. The van der Waals surface area contributed by atoms with Gasteiger partial charge >= 0.3 is 41.5 Å². The Balaban J connectivity index is 0. The predicted octanol–water partition coefficient (Wildman–Crippen LogP) is -1.16. The molecular weight excluding hydrogens is 321 g/mol. The Kier molecular flexibility index (Phi) is 18.7. The Hall–Kier alpha value is -0.430. The monoisotopic (exact) mass is 351 g/mol. The van der Waals surface area contributed by atoms with E-state index in [4.69, 9.17) is 5.73 Å². The summed E-state index contributed by atoms with van der Waals surface area (Å²) < 4.78 is 4.60. The minimum absolute atomic E-state index is 0. The maximum Gasteiger partial charge on any atom is 1.00 e. The van der Waals surface area contributed by atoms with Crippen LogP contribution in [0, 0.1) is 0 Å². The summed E-state index contributed by atoms with van der Waals surface area (Å²) in [5.41, 5.74) is 5.44. The van der Waals surface area contributed by atoms with Crippen LogP contribution in [0.25, 0.3) is 0 Å². The minimum Gasteiger partial charge on any atom is -0.550 e. The number of hydrogen-bond donors (Lipinski definition) is 1. The van der Waals surface area contributed by atoms with Crippen LogP contribution in [0.1, 0.15) is 84.0 Å². The average Bonchev–Trinajstić information content (AvgIpc) is 2.50. The van der Waals surface area contributed by atoms with E-state index in [0.717, 1.165) is 12.8 Å². The number of nitrogens with two attached hydrogens (primary N) is 1. The van der Waals surface area contributed by atoms with Gasteiger partial charge < -0.3 is 20.4 Å². The van der Waals surface area contributed by atoms with E-state index in [1.165, 1.54) is 38.5 Å². The molecule has 0 unspecified atom stereocenters. The largest absolute Gasteiger partial charge is 1.00 e. The molecule has 134 valence electrons. The smallest absolute Gasteiger partial charge is 0.550 e. The quantitative estimate of drug-likeness (QED) is 0.183. The maximum atomic E-state index is 11.5. The number of esters is 2. The van der Waals surface area contributed by atoms with Gasteiger partial charge in [0.05, 0.1) is 0 Å². The number of carbonyl (C=O) groups excluding carboxylic acids is 3. The van der Waals surface area contributed by atoms with Gasteiger partial charge in [0.15, 0.2) is 0 Å². The summed E-state index contributed by atoms with van der Waals surface area (Å²) >= 11 is 0. The van der Waals surface area contributed by atoms with Crippen LogP contribution in [-0.4, -0.2) is 23.9 Å². The van der Waals surface area contributed by atoms with Gasteiger partial charge in [-0.2, -0.15) is 0 Å². The van der Waals surface area contributed by atoms with Crippen molar-refractivity contribution >= 4 is 17.9 Å². The summed E-state index contributed by atoms with van der Waals surface area (Å²) in [6, 6.07) is -1.10. The summed E-state index contributed by atoms with van der Waals surface area (Å²) in [6.45, 7) is 2.19. The molecule has 0 amide bonds. The zero-order valence-electron chi connectivity index (χ0n) is 15.2. The van der Waals surface area contributed by atoms with Crippen LogP contribution in [0.3, 0.4) is 0 Å². The molecule has 0 saturated heterocycles. The zero-order valence-corrected chi connectivity index (χ0v) is 17.2. The fraction of sp³-hybridized carbons (Fsp3) is 0.824. The van der Waals surface area contributed by atoms with E-state index >= 15 is 0 Å². The van der Waals surface area contributed by atoms with Gasteiger partial charge in [0.25, 0.3) is 0 Å². The van der Waals surface area contributed by atoms with Gasteiger partial charge in [-0.25, -0.2) is 4.79 Å². The molecule has 0 aromatic carbocycles. The fourth-order valence-electron chi connectivity index (χ4n) is 2.21. The van der Waals surface area contributed by atoms with Gasteiger partial charge in [-0.3, -0.25) is 4.79 Å². The summed E-state index contributed by atoms with van der Waals surface area (Å²) in [4.78, 5) is 33.2. The van der Waals surface area contributed by atoms with Gasteiger partial charge in [0.2, 0.25) is 0 Å². The van der Waals surface area contributed by atoms with E-state index in [1.807, 2.05) is 0 Å². The molecule has 1 atom stereocenters. The molecule has 0 fully saturated rings. The van der Waals surface area contributed by atoms with E-state index in [1.54, 1.807) is 0 Å². The molecule has 0 rings (SSSR count). The summed E-state index contributed by atoms with van der Waals surface area (Å²) in [5, 5.41) is 10.3. The van der Waals surface area contributed by atoms with Crippen LogP contribution in [0.2, 0.25) is 0 Å². The third kappa shape index (κ3) is 16.4. The summed E-state index contributed by atoms with van der Waals surface area (Å²) in [7, 11) is 0. The molecule has 0 saturated carbocycles. The molecule has 0 radical (unpaired) electrons. The van der Waals surface area contributed by atoms with E-state index in [9.17, 15) is 19.5 Å². The first-order valence-corrected chi connectivity index (χ1v) is 8.67. The van der Waals surface area contributed by atoms with Crippen LogP contribution < -0.4 is 40.4 Å². The molecule has 0 aromatic heterocycles. The van der Waals surface area contributed by atoms with Crippen LogP contribution >= 0.6 is 0 Å². The molecule has 0 bridgehead atoms. The third-order valence-corrected chi connectivity index (χ3v) is 3.66. The molecule has 0 aliphatic heterocycles. The third-order valence-electron chi connectivity index (χ3n) is 3.66. The normalized spacial score (nSPS) is 11.4. The van der Waals surface area contributed by atoms with Crippen LogP contribution in [-0.2, 0) is 19.1 Å². The van der Waals surface area contributed by atoms with Crippen molar-refractivity contribution in [2.75, 3.05) is 0 Å². The fourth-order valence-corrected chi connectivity index (χ4v) is 2.21. The molecule has 24 heavy (non-hydrogen) atoms. The predicted molar refractivity (Wildman–Crippen MR) is 85.2 cm³/mol. The molecule has 6 nitrogen and oxygen atoms in total. The van der Waals surface area contributed by atoms with E-state index in [-0.39, 0.29) is 48.8 Å². The second-order valence-electron chi connectivity index (χ2n) is 5.89. The molecule has 0 heterocycles. The second-order valence-corrected chi connectivity index (χ2v) is 5.89. The van der Waals surface area contributed by atoms with Gasteiger partial charge in [0.1, 0.15) is 6.04 Å². The van der Waals surface area contributed by atoms with Crippen molar-refractivity contribution < 1.29 is 53.8 Å². The number of carbonyl (C=O) groups is 3. The van der Waals surface area contributed by atoms with Crippen molar-refractivity contribution in [2.24, 2.45) is 5.73 Å². The topological polar surface area (TPSA) is 110 Å². The Labute approximate surface area is 167 Å². The van der Waals surface area contributed by atoms with Gasteiger partial charge in [-0.15, -0.1) is 0 Å². The van der Waals surface area contributed by atoms with Crippen molar-refractivity contribution in [1.29, 1.82) is 0 Å². The number of ether oxygens (including phenoxy) is 1. The Morgan fingerprint density at radius 2 is 1.42 bits per heavy atom. The molecule has 7 heteroatoms. The maximum absolute atomic E-state index is 11.5. The molecule has 0 aliphatic carbocycles. The van der Waals surface area contributed by atoms with Gasteiger partial charge in [0, 0.05) is 12.4 Å². The Morgan fingerprint density at radius 1 is 0.917 bits per heavy atom. The first-order chi connectivity index (χ1) is 11.0. The first-order valence-electron chi connectivity index (χ1n) is 8.67. The molecule has 0 spiro atoms. The van der Waals surface area contributed by atoms with Crippen LogP contribution in [0.4, 0.5) is 0 Å². The van der Waals surface area contributed by atoms with Crippen molar-refractivity contribution in [3.05, 3.63) is 0 Å². The Bertz CT molecular complexity index is 363. The van der Waals surface area contributed by atoms with Crippen molar-refractivity contribution in [3.8, 4) is 0 Å². The number of aliphatic carboxylic acids is 1. The number of carboxylic acid groups (broad SMARTS) is 1. The van der Waals surface area contributed by atoms with Crippen molar-refractivity contribution in [2.45, 2.75) is 90.0 Å². The van der Waals surface area contributed by atoms with Crippen LogP contribution in [0.15, 0.2) is 0 Å². The van der Waals surface area contributed by atoms with E-state index in [2.05, 4.69) is 11.7 Å². The van der Waals surface area contributed by atoms with E-state index < -0.39 is 23.9 Å². The van der Waals surface area contributed by atoms with Gasteiger partial charge in [-0.1, -0.05) is 58.3 Å². The number of carboxylic acids is 1. The molecule has 2 N–H and O–H groups in total. The van der Waals surface area contributed by atoms with Crippen molar-refractivity contribution in [1.82, 2.24) is 0 Å². The van der Waals surface area contributed by atoms with E-state index in [0.29, 0.717) is 6.42 Å². The SMILES string of the molecule is CCCCCCCCCCCC(=O)OC(=O)[C@@H](N)CCC(=O)[O-].[Na+]. The molecule has 0 aliphatic rings. The number of unbranched alkanes of at least 4 members (excludes halogenated alkanes) is 8. The summed E-state index contributed by atoms with van der Waals surface area (Å²) in [6.07, 6.45) is 9.99. The Morgan fingerprint density at radius 3 is 1.92 bits per heavy atom. The zero-order chi connectivity index (χ0) is 17.5. The second kappa shape index (κ2) is 17.4. The minimum atomic E-state index is -1.28. The van der Waals surface area contributed by atoms with Crippen LogP contribution in [0.5, 0.6) is 0 Å². The summed E-state index contributed by atoms with van der Waals surface area (Å²) in [5.74, 6) is -2.75. The number of hydrogen-bond acceptors (Lipinski definition) is 6. The molecular formula is C17H30NNaO5. The van der Waals surface area contributed by atoms with Gasteiger partial charge in [-0.05, 0) is 19.3 Å². The first kappa shape index (κ1) is 25.8. The van der Waals surface area contributed by atoms with Crippen molar-refractivity contribution in [3.63, 3.8) is 0 Å².